The molecule has 0 aromatic heterocycles. The van der Waals surface area contributed by atoms with Gasteiger partial charge in [0.05, 0.1) is 26.2 Å². The van der Waals surface area contributed by atoms with Crippen LogP contribution in [0.5, 0.6) is 5.75 Å². The Kier molecular flexibility index (Phi) is 5.49. The summed E-state index contributed by atoms with van der Waals surface area (Å²) < 4.78 is 9.88. The third kappa shape index (κ3) is 5.36. The van der Waals surface area contributed by atoms with Crippen molar-refractivity contribution < 1.29 is 19.4 Å². The lowest BCUT2D eigenvalue weighted by atomic mass is 10.1. The normalized spacial score (nSPS) is 11.9. The number of methoxy groups -OCH3 is 1. The second-order valence-electron chi connectivity index (χ2n) is 3.87. The van der Waals surface area contributed by atoms with Crippen molar-refractivity contribution in [2.45, 2.75) is 25.9 Å². The molecule has 1 atom stereocenters. The fourth-order valence-electron chi connectivity index (χ4n) is 1.42. The largest absolute Gasteiger partial charge is 0.493 e. The van der Waals surface area contributed by atoms with Crippen LogP contribution in [-0.4, -0.2) is 30.9 Å². The predicted octanol–water partition coefficient (Wildman–Crippen LogP) is 1.55. The first kappa shape index (κ1) is 13.5. The van der Waals surface area contributed by atoms with Gasteiger partial charge in [0.2, 0.25) is 0 Å². The van der Waals surface area contributed by atoms with Crippen LogP contribution in [0.3, 0.4) is 0 Å². The zero-order valence-corrected chi connectivity index (χ0v) is 10.2. The lowest BCUT2D eigenvalue weighted by molar-refractivity contribution is -0.141. The molecule has 1 unspecified atom stereocenters. The summed E-state index contributed by atoms with van der Waals surface area (Å²) in [7, 11) is 1.35. The summed E-state index contributed by atoms with van der Waals surface area (Å²) in [4.78, 5) is 10.8. The van der Waals surface area contributed by atoms with Gasteiger partial charge >= 0.3 is 5.97 Å². The smallest absolute Gasteiger partial charge is 0.308 e. The van der Waals surface area contributed by atoms with E-state index >= 15 is 0 Å². The number of ether oxygens (including phenoxy) is 2. The Morgan fingerprint density at radius 2 is 2.00 bits per heavy atom. The topological polar surface area (TPSA) is 55.8 Å². The molecule has 0 aliphatic heterocycles. The maximum absolute atomic E-state index is 10.8. The van der Waals surface area contributed by atoms with Gasteiger partial charge in [-0.1, -0.05) is 12.1 Å². The van der Waals surface area contributed by atoms with E-state index in [2.05, 4.69) is 4.74 Å². The summed E-state index contributed by atoms with van der Waals surface area (Å²) in [6.07, 6.45) is 0.523. The van der Waals surface area contributed by atoms with Crippen LogP contribution in [0.25, 0.3) is 0 Å². The van der Waals surface area contributed by atoms with E-state index in [0.29, 0.717) is 18.8 Å². The van der Waals surface area contributed by atoms with Crippen LogP contribution in [-0.2, 0) is 16.0 Å². The summed E-state index contributed by atoms with van der Waals surface area (Å²) in [6.45, 7) is 2.06. The van der Waals surface area contributed by atoms with Crippen molar-refractivity contribution in [3.05, 3.63) is 29.8 Å². The predicted molar refractivity (Wildman–Crippen MR) is 64.0 cm³/mol. The number of hydrogen-bond donors (Lipinski definition) is 1. The molecule has 0 aliphatic rings. The van der Waals surface area contributed by atoms with Crippen molar-refractivity contribution in [2.24, 2.45) is 0 Å². The Morgan fingerprint density at radius 3 is 2.53 bits per heavy atom. The van der Waals surface area contributed by atoms with E-state index in [0.717, 1.165) is 5.56 Å². The first-order valence-corrected chi connectivity index (χ1v) is 5.58. The van der Waals surface area contributed by atoms with Gasteiger partial charge in [0.1, 0.15) is 5.75 Å². The average molecular weight is 238 g/mol. The molecule has 0 radical (unpaired) electrons. The summed E-state index contributed by atoms with van der Waals surface area (Å²) in [5.74, 6) is 0.430. The quantitative estimate of drug-likeness (QED) is 0.764. The highest BCUT2D eigenvalue weighted by Gasteiger charge is 2.02. The van der Waals surface area contributed by atoms with Gasteiger partial charge in [-0.2, -0.15) is 0 Å². The summed E-state index contributed by atoms with van der Waals surface area (Å²) >= 11 is 0. The van der Waals surface area contributed by atoms with Crippen LogP contribution in [0.15, 0.2) is 24.3 Å². The zero-order valence-electron chi connectivity index (χ0n) is 10.2. The summed E-state index contributed by atoms with van der Waals surface area (Å²) in [6, 6.07) is 7.46. The van der Waals surface area contributed by atoms with E-state index in [9.17, 15) is 9.90 Å². The molecule has 0 saturated heterocycles. The average Bonchev–Trinajstić information content (AvgIpc) is 2.30. The van der Waals surface area contributed by atoms with Gasteiger partial charge in [0.25, 0.3) is 0 Å². The molecule has 4 nitrogen and oxygen atoms in total. The zero-order chi connectivity index (χ0) is 12.7. The Bertz CT molecular complexity index is 343. The molecule has 0 heterocycles. The Morgan fingerprint density at radius 1 is 1.35 bits per heavy atom. The highest BCUT2D eigenvalue weighted by molar-refractivity contribution is 5.69. The third-order valence-corrected chi connectivity index (χ3v) is 2.26. The van der Waals surface area contributed by atoms with Crippen molar-refractivity contribution in [3.8, 4) is 5.75 Å². The first-order valence-electron chi connectivity index (χ1n) is 5.58. The van der Waals surface area contributed by atoms with Crippen LogP contribution in [0.4, 0.5) is 0 Å². The van der Waals surface area contributed by atoms with Gasteiger partial charge in [0.15, 0.2) is 0 Å². The first-order chi connectivity index (χ1) is 8.11. The number of aliphatic hydroxyl groups excluding tert-OH is 1. The fraction of sp³-hybridized carbons (Fsp3) is 0.462. The number of hydrogen-bond acceptors (Lipinski definition) is 4. The molecule has 0 amide bonds. The minimum atomic E-state index is -0.346. The Labute approximate surface area is 101 Å². The van der Waals surface area contributed by atoms with Gasteiger partial charge in [-0.3, -0.25) is 4.79 Å². The van der Waals surface area contributed by atoms with Crippen LogP contribution >= 0.6 is 0 Å². The number of carbonyl (C=O) groups excluding carboxylic acids is 1. The fourth-order valence-corrected chi connectivity index (χ4v) is 1.42. The molecular weight excluding hydrogens is 220 g/mol. The van der Waals surface area contributed by atoms with Crippen LogP contribution in [0, 0.1) is 0 Å². The molecule has 1 aromatic carbocycles. The molecule has 1 aromatic rings. The van der Waals surface area contributed by atoms with Crippen LogP contribution < -0.4 is 4.74 Å². The van der Waals surface area contributed by atoms with E-state index in [1.807, 2.05) is 24.3 Å². The number of esters is 1. The molecule has 4 heteroatoms. The van der Waals surface area contributed by atoms with Gasteiger partial charge in [-0.15, -0.1) is 0 Å². The second-order valence-corrected chi connectivity index (χ2v) is 3.87. The van der Waals surface area contributed by atoms with Crippen molar-refractivity contribution >= 4 is 5.97 Å². The number of rotatable bonds is 6. The minimum Gasteiger partial charge on any atom is -0.493 e. The number of carbonyl (C=O) groups is 1. The Balaban J connectivity index is 2.37. The summed E-state index contributed by atoms with van der Waals surface area (Å²) in [5, 5.41) is 9.22. The SMILES string of the molecule is COC(=O)CCOc1ccc(CC(C)O)cc1. The molecule has 1 N–H and O–H groups in total. The molecule has 0 fully saturated rings. The lowest BCUT2D eigenvalue weighted by Gasteiger charge is -2.07. The number of benzene rings is 1. The molecule has 1 rings (SSSR count). The molecule has 0 saturated carbocycles. The van der Waals surface area contributed by atoms with Gasteiger partial charge in [0, 0.05) is 0 Å². The Hall–Kier alpha value is -1.55. The van der Waals surface area contributed by atoms with Crippen LogP contribution in [0.2, 0.25) is 0 Å². The third-order valence-electron chi connectivity index (χ3n) is 2.26. The van der Waals surface area contributed by atoms with Crippen molar-refractivity contribution in [2.75, 3.05) is 13.7 Å². The van der Waals surface area contributed by atoms with E-state index in [4.69, 9.17) is 4.74 Å². The van der Waals surface area contributed by atoms with Crippen molar-refractivity contribution in [1.82, 2.24) is 0 Å². The maximum atomic E-state index is 10.8. The van der Waals surface area contributed by atoms with Crippen LogP contribution in [0.1, 0.15) is 18.9 Å². The van der Waals surface area contributed by atoms with E-state index in [1.54, 1.807) is 6.92 Å². The van der Waals surface area contributed by atoms with E-state index in [1.165, 1.54) is 7.11 Å². The van der Waals surface area contributed by atoms with Crippen molar-refractivity contribution in [1.29, 1.82) is 0 Å². The van der Waals surface area contributed by atoms with E-state index < -0.39 is 0 Å². The minimum absolute atomic E-state index is 0.242. The molecular formula is C13H18O4. The summed E-state index contributed by atoms with van der Waals surface area (Å²) in [5.41, 5.74) is 1.06. The monoisotopic (exact) mass is 238 g/mol. The highest BCUT2D eigenvalue weighted by Crippen LogP contribution is 2.13. The molecule has 0 spiro atoms. The molecule has 17 heavy (non-hydrogen) atoms. The number of aliphatic hydroxyl groups is 1. The lowest BCUT2D eigenvalue weighted by Crippen LogP contribution is -2.07. The van der Waals surface area contributed by atoms with Gasteiger partial charge < -0.3 is 14.6 Å². The maximum Gasteiger partial charge on any atom is 0.308 e. The van der Waals surface area contributed by atoms with Crippen molar-refractivity contribution in [3.63, 3.8) is 0 Å². The van der Waals surface area contributed by atoms with Gasteiger partial charge in [-0.05, 0) is 31.0 Å². The standard InChI is InChI=1S/C13H18O4/c1-10(14)9-11-3-5-12(6-4-11)17-8-7-13(15)16-2/h3-6,10,14H,7-9H2,1-2H3. The van der Waals surface area contributed by atoms with Gasteiger partial charge in [-0.25, -0.2) is 0 Å². The highest BCUT2D eigenvalue weighted by atomic mass is 16.5. The molecule has 94 valence electrons. The molecule has 0 bridgehead atoms. The second kappa shape index (κ2) is 6.91. The molecule has 0 aliphatic carbocycles. The van der Waals surface area contributed by atoms with E-state index in [-0.39, 0.29) is 18.5 Å².